The Balaban J connectivity index is 0.00000420. The van der Waals surface area contributed by atoms with Crippen LogP contribution in [0.3, 0.4) is 0 Å². The van der Waals surface area contributed by atoms with Crippen LogP contribution >= 0.6 is 11.3 Å². The predicted octanol–water partition coefficient (Wildman–Crippen LogP) is 3.92. The molecule has 2 aromatic heterocycles. The van der Waals surface area contributed by atoms with Crippen molar-refractivity contribution in [2.75, 3.05) is 6.61 Å². The molecule has 0 fully saturated rings. The van der Waals surface area contributed by atoms with E-state index in [1.165, 1.54) is 17.4 Å². The average molecular weight is 591 g/mol. The van der Waals surface area contributed by atoms with E-state index in [0.717, 1.165) is 40.4 Å². The van der Waals surface area contributed by atoms with E-state index in [2.05, 4.69) is 28.5 Å². The number of amides is 1. The molecule has 0 aliphatic heterocycles. The Labute approximate surface area is 276 Å². The number of sulfonamides is 1. The Morgan fingerprint density at radius 2 is 1.82 bits per heavy atom. The van der Waals surface area contributed by atoms with Crippen LogP contribution in [0, 0.1) is 5.92 Å². The van der Waals surface area contributed by atoms with Crippen LogP contribution in [0.1, 0.15) is 44.7 Å². The Hall–Kier alpha value is -1.86. The summed E-state index contributed by atoms with van der Waals surface area (Å²) in [6.07, 6.45) is 6.58. The molecular formula is C28H31KN4O4S2. The van der Waals surface area contributed by atoms with E-state index in [-0.39, 0.29) is 62.9 Å². The first-order chi connectivity index (χ1) is 18.3. The second-order valence-corrected chi connectivity index (χ2v) is 11.8. The molecule has 200 valence electrons. The van der Waals surface area contributed by atoms with Crippen molar-refractivity contribution in [3.63, 3.8) is 0 Å². The zero-order chi connectivity index (χ0) is 27.1. The molecule has 8 nitrogen and oxygen atoms in total. The molecule has 0 N–H and O–H groups in total. The van der Waals surface area contributed by atoms with Crippen molar-refractivity contribution < 1.29 is 69.3 Å². The largest absolute Gasteiger partial charge is 1.00 e. The van der Waals surface area contributed by atoms with Gasteiger partial charge in [-0.05, 0) is 53.1 Å². The quantitative estimate of drug-likeness (QED) is 0.194. The van der Waals surface area contributed by atoms with Gasteiger partial charge in [0.25, 0.3) is 0 Å². The van der Waals surface area contributed by atoms with E-state index in [9.17, 15) is 13.2 Å². The van der Waals surface area contributed by atoms with Gasteiger partial charge in [0.15, 0.2) is 10.8 Å². The van der Waals surface area contributed by atoms with E-state index < -0.39 is 16.1 Å². The number of nitrogens with zero attached hydrogens (tertiary/aromatic N) is 4. The van der Waals surface area contributed by atoms with Gasteiger partial charge < -0.3 is 14.0 Å². The molecule has 4 aromatic rings. The molecule has 4 rings (SSSR count). The van der Waals surface area contributed by atoms with Gasteiger partial charge in [0.1, 0.15) is 10.0 Å². The molecule has 0 bridgehead atoms. The molecule has 0 saturated heterocycles. The van der Waals surface area contributed by atoms with Gasteiger partial charge >= 0.3 is 51.4 Å². The molecule has 2 heterocycles. The normalized spacial score (nSPS) is 11.3. The SMILES string of the molecule is CCCCOC(=O)[N-]S(=O)(=O)c1ccc(CC(C)C)cc1-c1ccc(Cn2ccnc2-c2nccs2)cc1.[K+]. The number of ether oxygens (including phenoxy) is 1. The molecule has 11 heteroatoms. The summed E-state index contributed by atoms with van der Waals surface area (Å²) in [5.41, 5.74) is 3.26. The third-order valence-corrected chi connectivity index (χ3v) is 7.91. The van der Waals surface area contributed by atoms with E-state index in [0.29, 0.717) is 24.4 Å². The van der Waals surface area contributed by atoms with Crippen LogP contribution in [0.4, 0.5) is 4.79 Å². The van der Waals surface area contributed by atoms with Gasteiger partial charge in [-0.1, -0.05) is 57.5 Å². The number of hydrogen-bond donors (Lipinski definition) is 0. The molecule has 0 aliphatic carbocycles. The predicted molar refractivity (Wildman–Crippen MR) is 150 cm³/mol. The molecule has 0 aliphatic rings. The molecule has 2 aromatic carbocycles. The topological polar surface area (TPSA) is 105 Å². The van der Waals surface area contributed by atoms with Gasteiger partial charge in [-0.15, -0.1) is 11.3 Å². The second kappa shape index (κ2) is 14.7. The maximum atomic E-state index is 13.1. The van der Waals surface area contributed by atoms with Crippen LogP contribution in [-0.4, -0.2) is 35.7 Å². The zero-order valence-electron chi connectivity index (χ0n) is 22.7. The molecule has 1 amide bonds. The minimum atomic E-state index is -4.27. The third kappa shape index (κ3) is 8.56. The summed E-state index contributed by atoms with van der Waals surface area (Å²) in [7, 11) is -4.27. The van der Waals surface area contributed by atoms with E-state index in [4.69, 9.17) is 4.74 Å². The molecule has 0 atom stereocenters. The number of aromatic nitrogens is 3. The fourth-order valence-corrected chi connectivity index (χ4v) is 5.75. The third-order valence-electron chi connectivity index (χ3n) is 5.84. The number of benzene rings is 2. The van der Waals surface area contributed by atoms with Crippen LogP contribution in [0.15, 0.2) is 71.3 Å². The molecule has 0 saturated carbocycles. The number of thiazole rings is 1. The molecule has 0 spiro atoms. The first-order valence-corrected chi connectivity index (χ1v) is 14.9. The second-order valence-electron chi connectivity index (χ2n) is 9.38. The Morgan fingerprint density at radius 1 is 1.08 bits per heavy atom. The van der Waals surface area contributed by atoms with Crippen molar-refractivity contribution >= 4 is 27.5 Å². The summed E-state index contributed by atoms with van der Waals surface area (Å²) in [5.74, 6) is 1.19. The smallest absolute Gasteiger partial charge is 0.506 e. The van der Waals surface area contributed by atoms with Crippen LogP contribution in [0.25, 0.3) is 26.7 Å². The molecule has 0 unspecified atom stereocenters. The van der Waals surface area contributed by atoms with Gasteiger partial charge in [0.2, 0.25) is 6.09 Å². The Morgan fingerprint density at radius 3 is 2.49 bits per heavy atom. The van der Waals surface area contributed by atoms with Crippen molar-refractivity contribution in [2.45, 2.75) is 51.5 Å². The monoisotopic (exact) mass is 590 g/mol. The van der Waals surface area contributed by atoms with Crippen LogP contribution in [0.5, 0.6) is 0 Å². The van der Waals surface area contributed by atoms with Crippen molar-refractivity contribution in [3.8, 4) is 22.0 Å². The van der Waals surface area contributed by atoms with Gasteiger partial charge in [-0.25, -0.2) is 18.4 Å². The summed E-state index contributed by atoms with van der Waals surface area (Å²) in [5, 5.41) is 2.76. The van der Waals surface area contributed by atoms with E-state index >= 15 is 0 Å². The molecule has 0 radical (unpaired) electrons. The minimum absolute atomic E-state index is 0. The van der Waals surface area contributed by atoms with Gasteiger partial charge in [0, 0.05) is 30.5 Å². The van der Waals surface area contributed by atoms with Gasteiger partial charge in [-0.2, -0.15) is 0 Å². The standard InChI is InChI=1S/C28H32N4O4S2.K/c1-4-5-15-36-28(33)31-38(34,35)25-11-8-22(17-20(2)3)18-24(25)23-9-6-21(7-10-23)19-32-14-12-29-26(32)27-30-13-16-37-27;/h6-14,16,18,20H,4-5,15,17,19H2,1-3H3,(H,31,33);/q;+1/p-1. The number of imidazole rings is 1. The first-order valence-electron chi connectivity index (χ1n) is 12.5. The summed E-state index contributed by atoms with van der Waals surface area (Å²) in [6.45, 7) is 6.89. The minimum Gasteiger partial charge on any atom is -0.506 e. The Bertz CT molecular complexity index is 1470. The fraction of sp³-hybridized carbons (Fsp3) is 0.321. The summed E-state index contributed by atoms with van der Waals surface area (Å²) in [4.78, 5) is 20.9. The maximum Gasteiger partial charge on any atom is 1.00 e. The van der Waals surface area contributed by atoms with Crippen LogP contribution in [0.2, 0.25) is 0 Å². The van der Waals surface area contributed by atoms with E-state index in [1.54, 1.807) is 18.5 Å². The zero-order valence-corrected chi connectivity index (χ0v) is 27.5. The van der Waals surface area contributed by atoms with Gasteiger partial charge in [-0.3, -0.25) is 4.79 Å². The average Bonchev–Trinajstić information content (AvgIpc) is 3.56. The number of hydrogen-bond acceptors (Lipinski definition) is 7. The van der Waals surface area contributed by atoms with Crippen molar-refractivity contribution in [3.05, 3.63) is 82.3 Å². The number of carbonyl (C=O) groups is 1. The Kier molecular flexibility index (Phi) is 11.9. The molecular weight excluding hydrogens is 560 g/mol. The van der Waals surface area contributed by atoms with E-state index in [1.807, 2.05) is 53.4 Å². The fourth-order valence-electron chi connectivity index (χ4n) is 4.06. The van der Waals surface area contributed by atoms with Crippen molar-refractivity contribution in [1.82, 2.24) is 14.5 Å². The first kappa shape index (κ1) is 31.7. The molecule has 39 heavy (non-hydrogen) atoms. The number of rotatable bonds is 11. The van der Waals surface area contributed by atoms with Crippen LogP contribution in [-0.2, 0) is 27.7 Å². The number of carbonyl (C=O) groups excluding carboxylic acids is 1. The summed E-state index contributed by atoms with van der Waals surface area (Å²) >= 11 is 1.53. The van der Waals surface area contributed by atoms with Gasteiger partial charge in [0.05, 0.1) is 11.5 Å². The maximum absolute atomic E-state index is 13.1. The number of unbranched alkanes of at least 4 members (excludes halogenated alkanes) is 1. The van der Waals surface area contributed by atoms with Crippen LogP contribution < -0.4 is 51.4 Å². The van der Waals surface area contributed by atoms with Crippen molar-refractivity contribution in [1.29, 1.82) is 0 Å². The summed E-state index contributed by atoms with van der Waals surface area (Å²) in [6, 6.07) is 12.9. The summed E-state index contributed by atoms with van der Waals surface area (Å²) < 4.78 is 36.7. The van der Waals surface area contributed by atoms with Crippen molar-refractivity contribution in [2.24, 2.45) is 5.92 Å².